The SMILES string of the molecule is O=S(=O)(O[C@@H]1[C@H](OCc2ccccc2)[C@@H](O)O[C@H](COCc2ccccc2)[C@H]1OCc1ccccc1)C(F)(F)F. The second-order valence-corrected chi connectivity index (χ2v) is 10.6. The van der Waals surface area contributed by atoms with Crippen LogP contribution in [0, 0.1) is 0 Å². The molecule has 3 aromatic rings. The molecule has 3 aromatic carbocycles. The van der Waals surface area contributed by atoms with Crippen molar-refractivity contribution in [3.8, 4) is 0 Å². The van der Waals surface area contributed by atoms with Crippen LogP contribution in [0.1, 0.15) is 16.7 Å². The van der Waals surface area contributed by atoms with Crippen LogP contribution in [-0.4, -0.2) is 56.3 Å². The lowest BCUT2D eigenvalue weighted by Gasteiger charge is -2.43. The maximum atomic E-state index is 13.4. The first-order chi connectivity index (χ1) is 19.1. The lowest BCUT2D eigenvalue weighted by Crippen LogP contribution is -2.62. The van der Waals surface area contributed by atoms with Gasteiger partial charge in [-0.1, -0.05) is 91.0 Å². The number of alkyl halides is 3. The molecule has 12 heteroatoms. The summed E-state index contributed by atoms with van der Waals surface area (Å²) in [6.45, 7) is -0.402. The third kappa shape index (κ3) is 8.10. The van der Waals surface area contributed by atoms with E-state index in [1.54, 1.807) is 60.7 Å². The third-order valence-electron chi connectivity index (χ3n) is 6.09. The van der Waals surface area contributed by atoms with Gasteiger partial charge in [0.05, 0.1) is 26.4 Å². The van der Waals surface area contributed by atoms with Crippen LogP contribution >= 0.6 is 0 Å². The molecule has 40 heavy (non-hydrogen) atoms. The maximum Gasteiger partial charge on any atom is 0.523 e. The molecule has 1 aliphatic rings. The molecular weight excluding hydrogens is 553 g/mol. The molecule has 216 valence electrons. The normalized spacial score (nSPS) is 23.6. The van der Waals surface area contributed by atoms with Gasteiger partial charge in [-0.25, -0.2) is 0 Å². The molecule has 1 heterocycles. The lowest BCUT2D eigenvalue weighted by atomic mass is 9.98. The van der Waals surface area contributed by atoms with Gasteiger partial charge in [-0.15, -0.1) is 0 Å². The topological polar surface area (TPSA) is 101 Å². The summed E-state index contributed by atoms with van der Waals surface area (Å²) in [6, 6.07) is 26.4. The van der Waals surface area contributed by atoms with Gasteiger partial charge in [0.25, 0.3) is 0 Å². The largest absolute Gasteiger partial charge is 0.523 e. The zero-order valence-corrected chi connectivity index (χ0v) is 22.0. The van der Waals surface area contributed by atoms with Crippen molar-refractivity contribution in [1.29, 1.82) is 0 Å². The monoisotopic (exact) mass is 582 g/mol. The van der Waals surface area contributed by atoms with E-state index in [1.807, 2.05) is 30.3 Å². The van der Waals surface area contributed by atoms with Crippen LogP contribution in [0.15, 0.2) is 91.0 Å². The van der Waals surface area contributed by atoms with Crippen molar-refractivity contribution in [2.45, 2.75) is 56.0 Å². The Morgan fingerprint density at radius 1 is 0.700 bits per heavy atom. The quantitative estimate of drug-likeness (QED) is 0.249. The molecule has 1 saturated heterocycles. The zero-order chi connectivity index (χ0) is 28.6. The molecule has 0 bridgehead atoms. The molecule has 0 amide bonds. The van der Waals surface area contributed by atoms with Crippen LogP contribution < -0.4 is 0 Å². The van der Waals surface area contributed by atoms with Gasteiger partial charge in [-0.3, -0.25) is 4.18 Å². The Hall–Kier alpha value is -2.84. The summed E-state index contributed by atoms with van der Waals surface area (Å²) in [5.41, 5.74) is -3.61. The van der Waals surface area contributed by atoms with Gasteiger partial charge < -0.3 is 24.1 Å². The van der Waals surface area contributed by atoms with E-state index in [9.17, 15) is 26.7 Å². The van der Waals surface area contributed by atoms with Gasteiger partial charge in [0.2, 0.25) is 0 Å². The van der Waals surface area contributed by atoms with Gasteiger partial charge in [-0.05, 0) is 16.7 Å². The smallest absolute Gasteiger partial charge is 0.374 e. The van der Waals surface area contributed by atoms with E-state index >= 15 is 0 Å². The first-order valence-corrected chi connectivity index (χ1v) is 13.8. The van der Waals surface area contributed by atoms with Crippen molar-refractivity contribution in [2.75, 3.05) is 6.61 Å². The number of aliphatic hydroxyl groups excluding tert-OH is 1. The minimum absolute atomic E-state index is 0.114. The van der Waals surface area contributed by atoms with Gasteiger partial charge in [0.1, 0.15) is 24.4 Å². The minimum Gasteiger partial charge on any atom is -0.374 e. The molecule has 5 atom stereocenters. The van der Waals surface area contributed by atoms with Crippen LogP contribution in [0.4, 0.5) is 13.2 Å². The third-order valence-corrected chi connectivity index (χ3v) is 7.14. The van der Waals surface area contributed by atoms with E-state index < -0.39 is 46.3 Å². The minimum atomic E-state index is -6.11. The number of halogens is 3. The zero-order valence-electron chi connectivity index (χ0n) is 21.2. The molecule has 0 radical (unpaired) electrons. The highest BCUT2D eigenvalue weighted by atomic mass is 32.2. The van der Waals surface area contributed by atoms with Crippen LogP contribution in [-0.2, 0) is 53.1 Å². The first-order valence-electron chi connectivity index (χ1n) is 12.4. The molecule has 0 spiro atoms. The Balaban J connectivity index is 1.61. The summed E-state index contributed by atoms with van der Waals surface area (Å²) in [6.07, 6.45) is -8.06. The van der Waals surface area contributed by atoms with Crippen LogP contribution in [0.2, 0.25) is 0 Å². The molecule has 0 unspecified atom stereocenters. The van der Waals surface area contributed by atoms with Gasteiger partial charge >= 0.3 is 15.6 Å². The molecule has 1 aliphatic heterocycles. The van der Waals surface area contributed by atoms with E-state index in [4.69, 9.17) is 23.1 Å². The van der Waals surface area contributed by atoms with Crippen molar-refractivity contribution in [1.82, 2.24) is 0 Å². The van der Waals surface area contributed by atoms with Gasteiger partial charge in [-0.2, -0.15) is 21.6 Å². The van der Waals surface area contributed by atoms with Gasteiger partial charge in [0, 0.05) is 0 Å². The lowest BCUT2D eigenvalue weighted by molar-refractivity contribution is -0.304. The summed E-state index contributed by atoms with van der Waals surface area (Å²) in [5.74, 6) is 0. The molecule has 1 fully saturated rings. The van der Waals surface area contributed by atoms with Crippen LogP contribution in [0.3, 0.4) is 0 Å². The Kier molecular flexibility index (Phi) is 10.3. The van der Waals surface area contributed by atoms with Crippen molar-refractivity contribution in [2.24, 2.45) is 0 Å². The number of rotatable bonds is 12. The number of hydrogen-bond donors (Lipinski definition) is 1. The van der Waals surface area contributed by atoms with Gasteiger partial charge in [0.15, 0.2) is 6.29 Å². The molecule has 4 rings (SSSR count). The van der Waals surface area contributed by atoms with Crippen molar-refractivity contribution < 1.29 is 49.8 Å². The number of hydrogen-bond acceptors (Lipinski definition) is 8. The Labute approximate surface area is 230 Å². The van der Waals surface area contributed by atoms with E-state index in [-0.39, 0.29) is 26.4 Å². The fraction of sp³-hybridized carbons (Fsp3) is 0.357. The van der Waals surface area contributed by atoms with Crippen LogP contribution in [0.5, 0.6) is 0 Å². The van der Waals surface area contributed by atoms with E-state index in [2.05, 4.69) is 0 Å². The maximum absolute atomic E-state index is 13.4. The predicted molar refractivity (Wildman–Crippen MR) is 137 cm³/mol. The summed E-state index contributed by atoms with van der Waals surface area (Å²) >= 11 is 0. The molecule has 0 aliphatic carbocycles. The molecule has 0 saturated carbocycles. The molecule has 8 nitrogen and oxygen atoms in total. The van der Waals surface area contributed by atoms with Crippen molar-refractivity contribution in [3.05, 3.63) is 108 Å². The molecule has 1 N–H and O–H groups in total. The average Bonchev–Trinajstić information content (AvgIpc) is 2.93. The first kappa shape index (κ1) is 30.1. The van der Waals surface area contributed by atoms with E-state index in [0.29, 0.717) is 11.1 Å². The Morgan fingerprint density at radius 2 is 1.15 bits per heavy atom. The Bertz CT molecular complexity index is 1280. The summed E-state index contributed by atoms with van der Waals surface area (Å²) in [5, 5.41) is 10.8. The molecular formula is C28H29F3O8S. The van der Waals surface area contributed by atoms with Crippen molar-refractivity contribution in [3.63, 3.8) is 0 Å². The predicted octanol–water partition coefficient (Wildman–Crippen LogP) is 4.33. The fourth-order valence-electron chi connectivity index (χ4n) is 4.12. The second kappa shape index (κ2) is 13.7. The average molecular weight is 583 g/mol. The fourth-order valence-corrected chi connectivity index (χ4v) is 4.74. The summed E-state index contributed by atoms with van der Waals surface area (Å²) in [7, 11) is -6.11. The number of aliphatic hydroxyl groups is 1. The number of benzene rings is 3. The highest BCUT2D eigenvalue weighted by Gasteiger charge is 2.55. The van der Waals surface area contributed by atoms with E-state index in [0.717, 1.165) is 5.56 Å². The second-order valence-electron chi connectivity index (χ2n) is 9.05. The van der Waals surface area contributed by atoms with E-state index in [1.165, 1.54) is 0 Å². The standard InChI is InChI=1S/C28H29F3O8S/c29-28(30,31)40(33,34)39-25-24(36-17-21-12-6-2-7-13-21)23(19-35-16-20-10-4-1-5-11-20)38-27(32)26(25)37-18-22-14-8-3-9-15-22/h1-15,23-27,32H,16-19H2/t23-,24-,25+,26+,27+/m1/s1. The summed E-state index contributed by atoms with van der Waals surface area (Å²) < 4.78 is 92.3. The van der Waals surface area contributed by atoms with Crippen molar-refractivity contribution >= 4 is 10.1 Å². The highest BCUT2D eigenvalue weighted by Crippen LogP contribution is 2.34. The van der Waals surface area contributed by atoms with Crippen LogP contribution in [0.25, 0.3) is 0 Å². The Morgan fingerprint density at radius 3 is 1.62 bits per heavy atom. The molecule has 0 aromatic heterocycles. The highest BCUT2D eigenvalue weighted by molar-refractivity contribution is 7.87. The summed E-state index contributed by atoms with van der Waals surface area (Å²) in [4.78, 5) is 0. The number of ether oxygens (including phenoxy) is 4.